The molecule has 1 aromatic carbocycles. The molecule has 0 fully saturated rings. The molecule has 1 aliphatic rings. The van der Waals surface area contributed by atoms with Gasteiger partial charge in [-0.05, 0) is 31.5 Å². The minimum absolute atomic E-state index is 0.0623. The fourth-order valence-electron chi connectivity index (χ4n) is 1.91. The van der Waals surface area contributed by atoms with Gasteiger partial charge in [-0.15, -0.1) is 12.6 Å². The molecule has 0 N–H and O–H groups in total. The SMILES string of the molecule is CC1=CCCN(C(=O)c2ccc(F)c(S)c2)C1. The fraction of sp³-hybridized carbons (Fsp3) is 0.308. The Bertz CT molecular complexity index is 484. The second kappa shape index (κ2) is 4.92. The highest BCUT2D eigenvalue weighted by molar-refractivity contribution is 7.80. The molecule has 0 bridgehead atoms. The first-order chi connectivity index (χ1) is 8.08. The monoisotopic (exact) mass is 251 g/mol. The fourth-order valence-corrected chi connectivity index (χ4v) is 2.13. The predicted molar refractivity (Wildman–Crippen MR) is 67.9 cm³/mol. The van der Waals surface area contributed by atoms with Gasteiger partial charge < -0.3 is 4.90 Å². The summed E-state index contributed by atoms with van der Waals surface area (Å²) in [5.41, 5.74) is 1.68. The van der Waals surface area contributed by atoms with Crippen molar-refractivity contribution >= 4 is 18.5 Å². The molecule has 0 unspecified atom stereocenters. The van der Waals surface area contributed by atoms with Crippen LogP contribution in [0.15, 0.2) is 34.7 Å². The quantitative estimate of drug-likeness (QED) is 0.601. The van der Waals surface area contributed by atoms with Gasteiger partial charge in [0.15, 0.2) is 0 Å². The Morgan fingerprint density at radius 3 is 2.88 bits per heavy atom. The van der Waals surface area contributed by atoms with Gasteiger partial charge in [-0.3, -0.25) is 4.79 Å². The molecule has 1 aliphatic heterocycles. The highest BCUT2D eigenvalue weighted by atomic mass is 32.1. The maximum Gasteiger partial charge on any atom is 0.254 e. The molecular formula is C13H14FNOS. The lowest BCUT2D eigenvalue weighted by Gasteiger charge is -2.26. The number of rotatable bonds is 1. The summed E-state index contributed by atoms with van der Waals surface area (Å²) in [7, 11) is 0. The first kappa shape index (κ1) is 12.2. The predicted octanol–water partition coefficient (Wildman–Crippen LogP) is 2.91. The molecule has 1 heterocycles. The normalized spacial score (nSPS) is 15.7. The summed E-state index contributed by atoms with van der Waals surface area (Å²) in [6.07, 6.45) is 3.02. The van der Waals surface area contributed by atoms with Crippen molar-refractivity contribution in [1.29, 1.82) is 0 Å². The Balaban J connectivity index is 2.19. The van der Waals surface area contributed by atoms with E-state index in [1.807, 2.05) is 6.92 Å². The van der Waals surface area contributed by atoms with E-state index in [4.69, 9.17) is 0 Å². The standard InChI is InChI=1S/C13H14FNOS/c1-9-3-2-6-15(8-9)13(16)10-4-5-11(14)12(17)7-10/h3-5,7,17H,2,6,8H2,1H3. The lowest BCUT2D eigenvalue weighted by Crippen LogP contribution is -2.35. The maximum absolute atomic E-state index is 13.1. The summed E-state index contributed by atoms with van der Waals surface area (Å²) in [6.45, 7) is 3.38. The molecule has 2 nitrogen and oxygen atoms in total. The van der Waals surface area contributed by atoms with Crippen molar-refractivity contribution < 1.29 is 9.18 Å². The number of carbonyl (C=O) groups excluding carboxylic acids is 1. The van der Waals surface area contributed by atoms with Crippen LogP contribution in [-0.4, -0.2) is 23.9 Å². The lowest BCUT2D eigenvalue weighted by molar-refractivity contribution is 0.0765. The van der Waals surface area contributed by atoms with Gasteiger partial charge in [0.25, 0.3) is 5.91 Å². The van der Waals surface area contributed by atoms with E-state index in [-0.39, 0.29) is 10.8 Å². The van der Waals surface area contributed by atoms with Crippen LogP contribution in [0.4, 0.5) is 4.39 Å². The van der Waals surface area contributed by atoms with Crippen LogP contribution in [0, 0.1) is 5.82 Å². The number of halogens is 1. The third-order valence-electron chi connectivity index (χ3n) is 2.81. The van der Waals surface area contributed by atoms with Crippen molar-refractivity contribution in [2.75, 3.05) is 13.1 Å². The molecular weight excluding hydrogens is 237 g/mol. The Labute approximate surface area is 106 Å². The van der Waals surface area contributed by atoms with E-state index in [1.54, 1.807) is 4.90 Å². The molecule has 0 aliphatic carbocycles. The van der Waals surface area contributed by atoms with Gasteiger partial charge in [0.05, 0.1) is 0 Å². The molecule has 1 aromatic rings. The first-order valence-electron chi connectivity index (χ1n) is 5.51. The van der Waals surface area contributed by atoms with Gasteiger partial charge in [0, 0.05) is 23.5 Å². The molecule has 0 saturated heterocycles. The summed E-state index contributed by atoms with van der Waals surface area (Å²) >= 11 is 3.99. The average molecular weight is 251 g/mol. The largest absolute Gasteiger partial charge is 0.334 e. The zero-order valence-electron chi connectivity index (χ0n) is 9.61. The number of amides is 1. The maximum atomic E-state index is 13.1. The minimum Gasteiger partial charge on any atom is -0.334 e. The third kappa shape index (κ3) is 2.69. The molecule has 0 spiro atoms. The summed E-state index contributed by atoms with van der Waals surface area (Å²) in [6, 6.07) is 4.27. The van der Waals surface area contributed by atoms with E-state index in [0.717, 1.165) is 13.0 Å². The molecule has 2 rings (SSSR count). The Morgan fingerprint density at radius 2 is 2.24 bits per heavy atom. The van der Waals surface area contributed by atoms with Crippen LogP contribution in [0.25, 0.3) is 0 Å². The molecule has 4 heteroatoms. The molecule has 1 amide bonds. The summed E-state index contributed by atoms with van der Waals surface area (Å²) in [5.74, 6) is -0.465. The zero-order chi connectivity index (χ0) is 12.4. The van der Waals surface area contributed by atoms with Gasteiger partial charge in [-0.2, -0.15) is 0 Å². The van der Waals surface area contributed by atoms with Crippen LogP contribution in [0.5, 0.6) is 0 Å². The van der Waals surface area contributed by atoms with E-state index in [0.29, 0.717) is 12.1 Å². The summed E-state index contributed by atoms with van der Waals surface area (Å²) in [5, 5.41) is 0. The van der Waals surface area contributed by atoms with Gasteiger partial charge >= 0.3 is 0 Å². The summed E-state index contributed by atoms with van der Waals surface area (Å²) < 4.78 is 13.1. The molecule has 17 heavy (non-hydrogen) atoms. The second-order valence-corrected chi connectivity index (χ2v) is 4.71. The van der Waals surface area contributed by atoms with Crippen LogP contribution in [0.2, 0.25) is 0 Å². The molecule has 0 radical (unpaired) electrons. The van der Waals surface area contributed by atoms with Crippen molar-refractivity contribution in [2.45, 2.75) is 18.2 Å². The highest BCUT2D eigenvalue weighted by Gasteiger charge is 2.18. The topological polar surface area (TPSA) is 20.3 Å². The van der Waals surface area contributed by atoms with E-state index in [9.17, 15) is 9.18 Å². The molecule has 90 valence electrons. The number of thiol groups is 1. The molecule has 0 saturated carbocycles. The van der Waals surface area contributed by atoms with Crippen molar-refractivity contribution in [3.63, 3.8) is 0 Å². The third-order valence-corrected chi connectivity index (χ3v) is 3.16. The number of benzene rings is 1. The number of hydrogen-bond acceptors (Lipinski definition) is 2. The number of nitrogens with zero attached hydrogens (tertiary/aromatic N) is 1. The average Bonchev–Trinajstić information content (AvgIpc) is 2.32. The van der Waals surface area contributed by atoms with E-state index in [1.165, 1.54) is 23.8 Å². The summed E-state index contributed by atoms with van der Waals surface area (Å²) in [4.78, 5) is 14.1. The van der Waals surface area contributed by atoms with Gasteiger partial charge in [0.2, 0.25) is 0 Å². The Hall–Kier alpha value is -1.29. The molecule has 0 atom stereocenters. The Morgan fingerprint density at radius 1 is 1.47 bits per heavy atom. The second-order valence-electron chi connectivity index (χ2n) is 4.23. The number of hydrogen-bond donors (Lipinski definition) is 1. The van der Waals surface area contributed by atoms with Crippen molar-refractivity contribution in [3.05, 3.63) is 41.2 Å². The molecule has 0 aromatic heterocycles. The zero-order valence-corrected chi connectivity index (χ0v) is 10.5. The van der Waals surface area contributed by atoms with Crippen molar-refractivity contribution in [3.8, 4) is 0 Å². The van der Waals surface area contributed by atoms with Gasteiger partial charge in [0.1, 0.15) is 5.82 Å². The van der Waals surface area contributed by atoms with E-state index < -0.39 is 5.82 Å². The highest BCUT2D eigenvalue weighted by Crippen LogP contribution is 2.17. The van der Waals surface area contributed by atoms with Crippen LogP contribution < -0.4 is 0 Å². The van der Waals surface area contributed by atoms with Crippen LogP contribution in [0.1, 0.15) is 23.7 Å². The van der Waals surface area contributed by atoms with Crippen LogP contribution >= 0.6 is 12.6 Å². The van der Waals surface area contributed by atoms with Gasteiger partial charge in [-0.1, -0.05) is 11.6 Å². The minimum atomic E-state index is -0.403. The van der Waals surface area contributed by atoms with Crippen molar-refractivity contribution in [2.24, 2.45) is 0 Å². The lowest BCUT2D eigenvalue weighted by atomic mass is 10.1. The van der Waals surface area contributed by atoms with E-state index >= 15 is 0 Å². The van der Waals surface area contributed by atoms with Crippen LogP contribution in [0.3, 0.4) is 0 Å². The van der Waals surface area contributed by atoms with Crippen LogP contribution in [-0.2, 0) is 0 Å². The van der Waals surface area contributed by atoms with Crippen molar-refractivity contribution in [1.82, 2.24) is 4.90 Å². The Kier molecular flexibility index (Phi) is 3.52. The smallest absolute Gasteiger partial charge is 0.254 e. The number of carbonyl (C=O) groups is 1. The first-order valence-corrected chi connectivity index (χ1v) is 5.96. The van der Waals surface area contributed by atoms with E-state index in [2.05, 4.69) is 18.7 Å². The van der Waals surface area contributed by atoms with Gasteiger partial charge in [-0.25, -0.2) is 4.39 Å².